The number of nitrogens with one attached hydrogen (secondary N) is 1. The highest BCUT2D eigenvalue weighted by molar-refractivity contribution is 7.88. The predicted octanol–water partition coefficient (Wildman–Crippen LogP) is 0.148. The van der Waals surface area contributed by atoms with Crippen LogP contribution >= 0.6 is 0 Å². The maximum Gasteiger partial charge on any atom is 0.239 e. The summed E-state index contributed by atoms with van der Waals surface area (Å²) in [7, 11) is -3.17. The molecule has 3 N–H and O–H groups in total. The SMILES string of the molecule is CC[C@H](C)[C@H](N)C(=O)N1CCCC(CNS(C)(=O)=O)C1. The van der Waals surface area contributed by atoms with Crippen molar-refractivity contribution in [3.63, 3.8) is 0 Å². The average Bonchev–Trinajstić information content (AvgIpc) is 2.42. The van der Waals surface area contributed by atoms with Gasteiger partial charge in [-0.1, -0.05) is 20.3 Å². The van der Waals surface area contributed by atoms with Crippen molar-refractivity contribution < 1.29 is 13.2 Å². The molecule has 1 saturated heterocycles. The van der Waals surface area contributed by atoms with Crippen LogP contribution in [0.4, 0.5) is 0 Å². The van der Waals surface area contributed by atoms with Crippen molar-refractivity contribution in [1.82, 2.24) is 9.62 Å². The zero-order valence-electron chi connectivity index (χ0n) is 12.6. The quantitative estimate of drug-likeness (QED) is 0.730. The molecule has 20 heavy (non-hydrogen) atoms. The van der Waals surface area contributed by atoms with E-state index in [1.807, 2.05) is 13.8 Å². The van der Waals surface area contributed by atoms with E-state index in [1.165, 1.54) is 0 Å². The highest BCUT2D eigenvalue weighted by atomic mass is 32.2. The molecule has 1 heterocycles. The number of carbonyl (C=O) groups is 1. The third-order valence-electron chi connectivity index (χ3n) is 4.01. The van der Waals surface area contributed by atoms with Gasteiger partial charge in [-0.05, 0) is 24.7 Å². The number of carbonyl (C=O) groups excluding carboxylic acids is 1. The number of nitrogens with zero attached hydrogens (tertiary/aromatic N) is 1. The van der Waals surface area contributed by atoms with Gasteiger partial charge in [-0.3, -0.25) is 4.79 Å². The fourth-order valence-electron chi connectivity index (χ4n) is 2.41. The second-order valence-corrected chi connectivity index (χ2v) is 7.66. The maximum atomic E-state index is 12.3. The zero-order valence-corrected chi connectivity index (χ0v) is 13.4. The molecule has 0 aromatic heterocycles. The molecule has 1 rings (SSSR count). The normalized spacial score (nSPS) is 23.4. The van der Waals surface area contributed by atoms with E-state index in [9.17, 15) is 13.2 Å². The van der Waals surface area contributed by atoms with Gasteiger partial charge in [-0.2, -0.15) is 0 Å². The third kappa shape index (κ3) is 5.38. The molecule has 1 unspecified atom stereocenters. The van der Waals surface area contributed by atoms with Gasteiger partial charge >= 0.3 is 0 Å². The van der Waals surface area contributed by atoms with Gasteiger partial charge in [-0.25, -0.2) is 13.1 Å². The Kier molecular flexibility index (Phi) is 6.42. The van der Waals surface area contributed by atoms with E-state index in [2.05, 4.69) is 4.72 Å². The molecule has 1 aliphatic heterocycles. The summed E-state index contributed by atoms with van der Waals surface area (Å²) in [5.74, 6) is 0.326. The van der Waals surface area contributed by atoms with E-state index < -0.39 is 16.1 Å². The molecule has 118 valence electrons. The number of amides is 1. The van der Waals surface area contributed by atoms with E-state index in [1.54, 1.807) is 4.90 Å². The molecule has 0 spiro atoms. The summed E-state index contributed by atoms with van der Waals surface area (Å²) in [5.41, 5.74) is 5.99. The van der Waals surface area contributed by atoms with Crippen LogP contribution in [0.2, 0.25) is 0 Å². The van der Waals surface area contributed by atoms with Gasteiger partial charge < -0.3 is 10.6 Å². The van der Waals surface area contributed by atoms with Crippen LogP contribution in [0.15, 0.2) is 0 Å². The molecule has 3 atom stereocenters. The molecule has 0 aromatic carbocycles. The number of sulfonamides is 1. The largest absolute Gasteiger partial charge is 0.341 e. The van der Waals surface area contributed by atoms with Crippen molar-refractivity contribution in [2.45, 2.75) is 39.2 Å². The minimum Gasteiger partial charge on any atom is -0.341 e. The summed E-state index contributed by atoms with van der Waals surface area (Å²) in [6.45, 7) is 5.70. The van der Waals surface area contributed by atoms with Crippen LogP contribution in [0.1, 0.15) is 33.1 Å². The molecule has 0 saturated carbocycles. The van der Waals surface area contributed by atoms with E-state index in [0.717, 1.165) is 32.1 Å². The Morgan fingerprint density at radius 1 is 1.50 bits per heavy atom. The zero-order chi connectivity index (χ0) is 15.3. The molecule has 1 aliphatic rings. The lowest BCUT2D eigenvalue weighted by Crippen LogP contribution is -2.51. The standard InChI is InChI=1S/C13H27N3O3S/c1-4-10(2)12(14)13(17)16-7-5-6-11(9-16)8-15-20(3,18)19/h10-12,15H,4-9,14H2,1-3H3/t10-,11?,12-/m0/s1. The summed E-state index contributed by atoms with van der Waals surface area (Å²) < 4.78 is 24.7. The first-order chi connectivity index (χ1) is 9.24. The van der Waals surface area contributed by atoms with Crippen molar-refractivity contribution in [2.75, 3.05) is 25.9 Å². The van der Waals surface area contributed by atoms with Crippen molar-refractivity contribution in [3.05, 3.63) is 0 Å². The van der Waals surface area contributed by atoms with Gasteiger partial charge in [0.1, 0.15) is 0 Å². The molecule has 7 heteroatoms. The summed E-state index contributed by atoms with van der Waals surface area (Å²) >= 11 is 0. The number of hydrogen-bond acceptors (Lipinski definition) is 4. The Labute approximate surface area is 122 Å². The number of nitrogens with two attached hydrogens (primary N) is 1. The molecule has 1 amide bonds. The first-order valence-corrected chi connectivity index (χ1v) is 9.12. The van der Waals surface area contributed by atoms with Gasteiger partial charge in [0.15, 0.2) is 0 Å². The van der Waals surface area contributed by atoms with E-state index in [0.29, 0.717) is 13.1 Å². The van der Waals surface area contributed by atoms with Crippen molar-refractivity contribution in [3.8, 4) is 0 Å². The molecular formula is C13H27N3O3S. The van der Waals surface area contributed by atoms with Crippen LogP contribution in [-0.4, -0.2) is 51.2 Å². The molecule has 0 bridgehead atoms. The number of hydrogen-bond donors (Lipinski definition) is 2. The maximum absolute atomic E-state index is 12.3. The van der Waals surface area contributed by atoms with Crippen molar-refractivity contribution in [1.29, 1.82) is 0 Å². The molecular weight excluding hydrogens is 278 g/mol. The summed E-state index contributed by atoms with van der Waals surface area (Å²) in [6, 6.07) is -0.457. The smallest absolute Gasteiger partial charge is 0.239 e. The molecule has 1 fully saturated rings. The summed E-state index contributed by atoms with van der Waals surface area (Å²) in [4.78, 5) is 14.1. The van der Waals surface area contributed by atoms with Gasteiger partial charge in [0, 0.05) is 19.6 Å². The number of likely N-dealkylation sites (tertiary alicyclic amines) is 1. The lowest BCUT2D eigenvalue weighted by Gasteiger charge is -2.35. The summed E-state index contributed by atoms with van der Waals surface area (Å²) in [5, 5.41) is 0. The minimum absolute atomic E-state index is 0.0107. The van der Waals surface area contributed by atoms with Gasteiger partial charge in [0.2, 0.25) is 15.9 Å². The van der Waals surface area contributed by atoms with Gasteiger partial charge in [-0.15, -0.1) is 0 Å². The van der Waals surface area contributed by atoms with Gasteiger partial charge in [0.25, 0.3) is 0 Å². The topological polar surface area (TPSA) is 92.5 Å². The van der Waals surface area contributed by atoms with E-state index >= 15 is 0 Å². The monoisotopic (exact) mass is 305 g/mol. The molecule has 6 nitrogen and oxygen atoms in total. The first-order valence-electron chi connectivity index (χ1n) is 7.23. The van der Waals surface area contributed by atoms with Crippen molar-refractivity contribution in [2.24, 2.45) is 17.6 Å². The van der Waals surface area contributed by atoms with Gasteiger partial charge in [0.05, 0.1) is 12.3 Å². The van der Waals surface area contributed by atoms with Crippen LogP contribution in [0, 0.1) is 11.8 Å². The second kappa shape index (κ2) is 7.38. The highest BCUT2D eigenvalue weighted by Crippen LogP contribution is 2.18. The Morgan fingerprint density at radius 3 is 2.70 bits per heavy atom. The fourth-order valence-corrected chi connectivity index (χ4v) is 2.95. The molecule has 0 aliphatic carbocycles. The average molecular weight is 305 g/mol. The van der Waals surface area contributed by atoms with E-state index in [-0.39, 0.29) is 17.7 Å². The minimum atomic E-state index is -3.17. The Balaban J connectivity index is 2.54. The Bertz CT molecular complexity index is 425. The second-order valence-electron chi connectivity index (χ2n) is 5.82. The van der Waals surface area contributed by atoms with Crippen LogP contribution in [0.5, 0.6) is 0 Å². The molecule has 0 radical (unpaired) electrons. The summed E-state index contributed by atoms with van der Waals surface area (Å²) in [6.07, 6.45) is 3.86. The number of piperidine rings is 1. The van der Waals surface area contributed by atoms with Crippen LogP contribution in [-0.2, 0) is 14.8 Å². The fraction of sp³-hybridized carbons (Fsp3) is 0.923. The lowest BCUT2D eigenvalue weighted by molar-refractivity contribution is -0.135. The van der Waals surface area contributed by atoms with Crippen LogP contribution in [0.25, 0.3) is 0 Å². The predicted molar refractivity (Wildman–Crippen MR) is 79.6 cm³/mol. The number of rotatable bonds is 6. The highest BCUT2D eigenvalue weighted by Gasteiger charge is 2.29. The lowest BCUT2D eigenvalue weighted by atomic mass is 9.94. The van der Waals surface area contributed by atoms with Crippen LogP contribution < -0.4 is 10.5 Å². The van der Waals surface area contributed by atoms with E-state index in [4.69, 9.17) is 5.73 Å². The molecule has 0 aromatic rings. The van der Waals surface area contributed by atoms with Crippen LogP contribution in [0.3, 0.4) is 0 Å². The Hall–Kier alpha value is -0.660. The first kappa shape index (κ1) is 17.4. The Morgan fingerprint density at radius 2 is 2.15 bits per heavy atom. The third-order valence-corrected chi connectivity index (χ3v) is 4.70. The van der Waals surface area contributed by atoms with Crippen molar-refractivity contribution >= 4 is 15.9 Å².